The molecule has 3 nitrogen and oxygen atoms in total. The van der Waals surface area contributed by atoms with Crippen LogP contribution in [0.4, 0.5) is 0 Å². The van der Waals surface area contributed by atoms with Crippen LogP contribution in [0, 0.1) is 6.92 Å². The molecule has 0 aliphatic rings. The van der Waals surface area contributed by atoms with E-state index in [4.69, 9.17) is 0 Å². The molecule has 1 rings (SSSR count). The van der Waals surface area contributed by atoms with Crippen LogP contribution in [0.25, 0.3) is 0 Å². The molecule has 0 heterocycles. The van der Waals surface area contributed by atoms with Crippen LogP contribution in [-0.4, -0.2) is 15.0 Å². The number of nitrogens with one attached hydrogen (secondary N) is 1. The van der Waals surface area contributed by atoms with E-state index in [1.807, 2.05) is 13.0 Å². The molecule has 1 aromatic rings. The number of halogens is 1. The first kappa shape index (κ1) is 12.7. The maximum atomic E-state index is 11.9. The molecule has 0 atom stereocenters. The minimum Gasteiger partial charge on any atom is -0.211 e. The molecule has 0 aromatic heterocycles. The van der Waals surface area contributed by atoms with E-state index >= 15 is 0 Å². The van der Waals surface area contributed by atoms with Crippen molar-refractivity contribution in [2.45, 2.75) is 25.2 Å². The Kier molecular flexibility index (Phi) is 4.31. The molecule has 0 aliphatic heterocycles. The molecule has 15 heavy (non-hydrogen) atoms. The van der Waals surface area contributed by atoms with E-state index < -0.39 is 10.0 Å². The molecule has 1 aromatic carbocycles. The second-order valence-corrected chi connectivity index (χ2v) is 5.84. The number of benzene rings is 1. The average Bonchev–Trinajstić information content (AvgIpc) is 2.14. The Labute approximate surface area is 99.1 Å². The smallest absolute Gasteiger partial charge is 0.211 e. The molecule has 0 bridgehead atoms. The normalized spacial score (nSPS) is 11.7. The predicted molar refractivity (Wildman–Crippen MR) is 64.4 cm³/mol. The fourth-order valence-corrected chi connectivity index (χ4v) is 3.80. The molecule has 0 amide bonds. The lowest BCUT2D eigenvalue weighted by Crippen LogP contribution is -2.25. The maximum absolute atomic E-state index is 11.9. The SMILES string of the molecule is CCCNS(=O)(=O)c1c(C)cccc1Br. The largest absolute Gasteiger partial charge is 0.241 e. The summed E-state index contributed by atoms with van der Waals surface area (Å²) in [5.74, 6) is 0. The lowest BCUT2D eigenvalue weighted by molar-refractivity contribution is 0.579. The highest BCUT2D eigenvalue weighted by molar-refractivity contribution is 9.10. The van der Waals surface area contributed by atoms with Crippen LogP contribution in [0.1, 0.15) is 18.9 Å². The van der Waals surface area contributed by atoms with Crippen molar-refractivity contribution in [3.8, 4) is 0 Å². The number of aryl methyl sites for hydroxylation is 1. The van der Waals surface area contributed by atoms with Crippen molar-refractivity contribution in [1.29, 1.82) is 0 Å². The van der Waals surface area contributed by atoms with Crippen LogP contribution in [0.3, 0.4) is 0 Å². The van der Waals surface area contributed by atoms with Gasteiger partial charge in [0.15, 0.2) is 0 Å². The van der Waals surface area contributed by atoms with E-state index in [0.717, 1.165) is 12.0 Å². The second-order valence-electron chi connectivity index (χ2n) is 3.28. The van der Waals surface area contributed by atoms with Gasteiger partial charge in [0, 0.05) is 11.0 Å². The van der Waals surface area contributed by atoms with Crippen LogP contribution < -0.4 is 4.72 Å². The average molecular weight is 292 g/mol. The summed E-state index contributed by atoms with van der Waals surface area (Å²) in [5.41, 5.74) is 0.743. The topological polar surface area (TPSA) is 46.2 Å². The van der Waals surface area contributed by atoms with Gasteiger partial charge in [0.25, 0.3) is 0 Å². The summed E-state index contributed by atoms with van der Waals surface area (Å²) in [7, 11) is -3.38. The Morgan fingerprint density at radius 2 is 2.07 bits per heavy atom. The van der Waals surface area contributed by atoms with Crippen molar-refractivity contribution in [1.82, 2.24) is 4.72 Å². The molecular formula is C10H14BrNO2S. The van der Waals surface area contributed by atoms with Gasteiger partial charge in [-0.05, 0) is 40.9 Å². The molecular weight excluding hydrogens is 278 g/mol. The predicted octanol–water partition coefficient (Wildman–Crippen LogP) is 2.45. The summed E-state index contributed by atoms with van der Waals surface area (Å²) in [4.78, 5) is 0.332. The van der Waals surface area contributed by atoms with E-state index in [-0.39, 0.29) is 0 Å². The summed E-state index contributed by atoms with van der Waals surface area (Å²) in [6, 6.07) is 5.33. The fourth-order valence-electron chi connectivity index (χ4n) is 1.27. The van der Waals surface area contributed by atoms with Crippen LogP contribution in [0.5, 0.6) is 0 Å². The first-order valence-corrected chi connectivity index (χ1v) is 7.01. The van der Waals surface area contributed by atoms with Gasteiger partial charge in [0.05, 0.1) is 4.90 Å². The first-order valence-electron chi connectivity index (χ1n) is 4.74. The van der Waals surface area contributed by atoms with Crippen molar-refractivity contribution in [3.05, 3.63) is 28.2 Å². The van der Waals surface area contributed by atoms with Gasteiger partial charge in [-0.2, -0.15) is 0 Å². The number of sulfonamides is 1. The van der Waals surface area contributed by atoms with E-state index in [9.17, 15) is 8.42 Å². The summed E-state index contributed by atoms with van der Waals surface area (Å²) < 4.78 is 26.9. The van der Waals surface area contributed by atoms with E-state index in [1.165, 1.54) is 0 Å². The van der Waals surface area contributed by atoms with E-state index in [1.54, 1.807) is 19.1 Å². The molecule has 0 saturated carbocycles. The Morgan fingerprint density at radius 1 is 1.40 bits per heavy atom. The fraction of sp³-hybridized carbons (Fsp3) is 0.400. The minimum absolute atomic E-state index is 0.332. The zero-order valence-corrected chi connectivity index (χ0v) is 11.2. The molecule has 0 spiro atoms. The van der Waals surface area contributed by atoms with Crippen LogP contribution in [0.2, 0.25) is 0 Å². The van der Waals surface area contributed by atoms with Gasteiger partial charge in [-0.3, -0.25) is 0 Å². The molecule has 5 heteroatoms. The van der Waals surface area contributed by atoms with Gasteiger partial charge in [-0.25, -0.2) is 13.1 Å². The van der Waals surface area contributed by atoms with Crippen molar-refractivity contribution in [2.75, 3.05) is 6.54 Å². The molecule has 0 fully saturated rings. The van der Waals surface area contributed by atoms with Gasteiger partial charge in [0.1, 0.15) is 0 Å². The molecule has 0 aliphatic carbocycles. The lowest BCUT2D eigenvalue weighted by atomic mass is 10.2. The molecule has 0 unspecified atom stereocenters. The third-order valence-electron chi connectivity index (χ3n) is 1.97. The highest BCUT2D eigenvalue weighted by atomic mass is 79.9. The third-order valence-corrected chi connectivity index (χ3v) is 4.56. The van der Waals surface area contributed by atoms with E-state index in [0.29, 0.717) is 15.9 Å². The summed E-state index contributed by atoms with van der Waals surface area (Å²) in [6.45, 7) is 4.17. The zero-order chi connectivity index (χ0) is 11.5. The number of rotatable bonds is 4. The van der Waals surface area contributed by atoms with Crippen LogP contribution in [-0.2, 0) is 10.0 Å². The van der Waals surface area contributed by atoms with Crippen LogP contribution in [0.15, 0.2) is 27.6 Å². The first-order chi connectivity index (χ1) is 6.99. The monoisotopic (exact) mass is 291 g/mol. The summed E-state index contributed by atoms with van der Waals surface area (Å²) in [6.07, 6.45) is 0.780. The van der Waals surface area contributed by atoms with Crippen molar-refractivity contribution < 1.29 is 8.42 Å². The van der Waals surface area contributed by atoms with Crippen LogP contribution >= 0.6 is 15.9 Å². The zero-order valence-electron chi connectivity index (χ0n) is 8.75. The second kappa shape index (κ2) is 5.09. The molecule has 0 radical (unpaired) electrons. The highest BCUT2D eigenvalue weighted by Gasteiger charge is 2.18. The Balaban J connectivity index is 3.15. The van der Waals surface area contributed by atoms with Crippen molar-refractivity contribution >= 4 is 26.0 Å². The van der Waals surface area contributed by atoms with Gasteiger partial charge >= 0.3 is 0 Å². The maximum Gasteiger partial charge on any atom is 0.241 e. The van der Waals surface area contributed by atoms with Crippen molar-refractivity contribution in [2.24, 2.45) is 0 Å². The van der Waals surface area contributed by atoms with Crippen molar-refractivity contribution in [3.63, 3.8) is 0 Å². The third kappa shape index (κ3) is 3.03. The quantitative estimate of drug-likeness (QED) is 0.926. The van der Waals surface area contributed by atoms with E-state index in [2.05, 4.69) is 20.7 Å². The number of hydrogen-bond acceptors (Lipinski definition) is 2. The molecule has 0 saturated heterocycles. The highest BCUT2D eigenvalue weighted by Crippen LogP contribution is 2.24. The van der Waals surface area contributed by atoms with Gasteiger partial charge in [-0.15, -0.1) is 0 Å². The molecule has 1 N–H and O–H groups in total. The Morgan fingerprint density at radius 3 is 2.60 bits per heavy atom. The Hall–Kier alpha value is -0.390. The van der Waals surface area contributed by atoms with Gasteiger partial charge in [0.2, 0.25) is 10.0 Å². The van der Waals surface area contributed by atoms with Gasteiger partial charge in [-0.1, -0.05) is 19.1 Å². The summed E-state index contributed by atoms with van der Waals surface area (Å²) >= 11 is 3.26. The molecule has 84 valence electrons. The summed E-state index contributed by atoms with van der Waals surface area (Å²) in [5, 5.41) is 0. The van der Waals surface area contributed by atoms with Gasteiger partial charge < -0.3 is 0 Å². The minimum atomic E-state index is -3.38. The number of hydrogen-bond donors (Lipinski definition) is 1. The Bertz CT molecular complexity index is 422. The standard InChI is InChI=1S/C10H14BrNO2S/c1-3-7-12-15(13,14)10-8(2)5-4-6-9(10)11/h4-6,12H,3,7H2,1-2H3. The lowest BCUT2D eigenvalue weighted by Gasteiger charge is -2.10.